The average Bonchev–Trinajstić information content (AvgIpc) is 3.15. The second-order valence-corrected chi connectivity index (χ2v) is 6.93. The Balaban J connectivity index is 0.00000225. The van der Waals surface area contributed by atoms with Gasteiger partial charge >= 0.3 is 12.1 Å². The van der Waals surface area contributed by atoms with Gasteiger partial charge in [-0.2, -0.15) is 0 Å². The van der Waals surface area contributed by atoms with E-state index in [0.717, 1.165) is 0 Å². The fraction of sp³-hybridized carbons (Fsp3) is 0.471. The Morgan fingerprint density at radius 3 is 2.50 bits per heavy atom. The Kier molecular flexibility index (Phi) is 6.17. The van der Waals surface area contributed by atoms with Crippen LogP contribution in [0.4, 0.5) is 25.4 Å². The summed E-state index contributed by atoms with van der Waals surface area (Å²) in [5, 5.41) is 4.92. The van der Waals surface area contributed by atoms with Crippen LogP contribution in [-0.4, -0.2) is 55.9 Å². The molecule has 3 fully saturated rings. The van der Waals surface area contributed by atoms with Gasteiger partial charge in [0.05, 0.1) is 17.9 Å². The molecule has 3 N–H and O–H groups in total. The number of cyclic esters (lactones) is 1. The minimum Gasteiger partial charge on any atom is -0.674 e. The van der Waals surface area contributed by atoms with Gasteiger partial charge in [-0.05, 0) is 31.0 Å². The van der Waals surface area contributed by atoms with E-state index in [1.165, 1.54) is 11.0 Å². The van der Waals surface area contributed by atoms with E-state index in [-0.39, 0.29) is 63.1 Å². The monoisotopic (exact) mass is 603 g/mol. The number of rotatable bonds is 3. The molecule has 0 saturated carbocycles. The maximum atomic E-state index is 14.7. The molecule has 9 nitrogen and oxygen atoms in total. The summed E-state index contributed by atoms with van der Waals surface area (Å²) in [7, 11) is 0. The molecule has 3 saturated heterocycles. The van der Waals surface area contributed by atoms with Crippen LogP contribution in [0.15, 0.2) is 18.2 Å². The molecule has 1 unspecified atom stereocenters. The third kappa shape index (κ3) is 3.72. The van der Waals surface area contributed by atoms with Crippen molar-refractivity contribution in [3.8, 4) is 0 Å². The Hall–Kier alpha value is -1.44. The number of carbonyl (C=O) groups excluding carboxylic acids is 3. The molecule has 28 heavy (non-hydrogen) atoms. The topological polar surface area (TPSA) is 115 Å². The van der Waals surface area contributed by atoms with Crippen LogP contribution >= 0.6 is 0 Å². The maximum Gasteiger partial charge on any atom is 0.414 e. The van der Waals surface area contributed by atoms with Crippen molar-refractivity contribution in [3.05, 3.63) is 29.7 Å². The van der Waals surface area contributed by atoms with Gasteiger partial charge in [0.15, 0.2) is 0 Å². The van der Waals surface area contributed by atoms with Gasteiger partial charge in [0.25, 0.3) is 5.91 Å². The quantitative estimate of drug-likeness (QED) is 0.507. The number of halogens is 1. The zero-order valence-corrected chi connectivity index (χ0v) is 19.8. The van der Waals surface area contributed by atoms with Crippen LogP contribution in [0.25, 0.3) is 5.73 Å². The number of urea groups is 1. The van der Waals surface area contributed by atoms with Crippen molar-refractivity contribution < 1.29 is 67.6 Å². The summed E-state index contributed by atoms with van der Waals surface area (Å²) in [6.07, 6.45) is -0.321. The van der Waals surface area contributed by atoms with Gasteiger partial charge in [-0.3, -0.25) is 15.0 Å². The van der Waals surface area contributed by atoms with E-state index in [0.29, 0.717) is 37.3 Å². The molecule has 0 bridgehead atoms. The Labute approximate surface area is 196 Å². The molecule has 1 aromatic carbocycles. The molecule has 3 heterocycles. The van der Waals surface area contributed by atoms with Crippen molar-refractivity contribution in [2.45, 2.75) is 24.5 Å². The molecular weight excluding hydrogens is 584 g/mol. The molecule has 0 aromatic heterocycles. The van der Waals surface area contributed by atoms with Crippen LogP contribution in [0.1, 0.15) is 12.8 Å². The number of ether oxygens (including phenoxy) is 1. The van der Waals surface area contributed by atoms with E-state index in [9.17, 15) is 18.8 Å². The number of hydrogen-bond donors (Lipinski definition) is 2. The van der Waals surface area contributed by atoms with Gasteiger partial charge in [-0.1, -0.05) is 0 Å². The first-order chi connectivity index (χ1) is 12.9. The summed E-state index contributed by atoms with van der Waals surface area (Å²) < 4.78 is 19.7. The molecule has 1 aromatic rings. The minimum absolute atomic E-state index is 0. The third-order valence-corrected chi connectivity index (χ3v) is 5.32. The summed E-state index contributed by atoms with van der Waals surface area (Å²) in [4.78, 5) is 38.4. The molecule has 4 amide bonds. The first kappa shape index (κ1) is 21.3. The van der Waals surface area contributed by atoms with Crippen molar-refractivity contribution in [2.75, 3.05) is 36.0 Å². The number of nitrogens with one attached hydrogen (secondary N) is 3. The molecule has 1 radical (unpaired) electrons. The maximum absolute atomic E-state index is 14.7. The zero-order valence-electron chi connectivity index (χ0n) is 15.0. The third-order valence-electron chi connectivity index (χ3n) is 5.32. The van der Waals surface area contributed by atoms with Gasteiger partial charge in [0, 0.05) is 57.2 Å². The van der Waals surface area contributed by atoms with Crippen molar-refractivity contribution in [2.24, 2.45) is 0 Å². The molecule has 1 spiro atoms. The first-order valence-corrected chi connectivity index (χ1v) is 8.73. The normalized spacial score (nSPS) is 23.4. The number of hydrogen-bond acceptors (Lipinski definition) is 5. The SMILES string of the molecule is [Ac].[NH-]CC1CN(c2ccc(N3CCC4(CC3)NC(=O)NC4=O)c(F)c2)C(=O)O1. The standard InChI is InChI=1S/C17H19FN5O4.Ac/c18-12-7-10(23-9-11(8-19)27-16(23)26)1-2-13(12)22-5-3-17(4-6-22)14(24)20-15(25)21-17;/h1-2,7,11,19H,3-6,8-9H2,(H2,20,21,24,25);/q-1;. The molecule has 1 atom stereocenters. The van der Waals surface area contributed by atoms with Gasteiger partial charge < -0.3 is 20.7 Å². The van der Waals surface area contributed by atoms with Crippen LogP contribution in [-0.2, 0) is 9.53 Å². The molecule has 0 aliphatic carbocycles. The molecule has 3 aliphatic rings. The van der Waals surface area contributed by atoms with Crippen LogP contribution in [0, 0.1) is 49.9 Å². The number of nitrogens with zero attached hydrogens (tertiary/aromatic N) is 2. The van der Waals surface area contributed by atoms with E-state index in [1.54, 1.807) is 12.1 Å². The van der Waals surface area contributed by atoms with Crippen molar-refractivity contribution in [1.82, 2.24) is 10.6 Å². The second kappa shape index (κ2) is 8.13. The van der Waals surface area contributed by atoms with Crippen molar-refractivity contribution in [1.29, 1.82) is 0 Å². The van der Waals surface area contributed by atoms with E-state index in [4.69, 9.17) is 10.5 Å². The molecule has 11 heteroatoms. The van der Waals surface area contributed by atoms with Gasteiger partial charge in [0.1, 0.15) is 17.5 Å². The zero-order chi connectivity index (χ0) is 19.2. The summed E-state index contributed by atoms with van der Waals surface area (Å²) >= 11 is 0. The van der Waals surface area contributed by atoms with Crippen molar-refractivity contribution in [3.63, 3.8) is 0 Å². The van der Waals surface area contributed by atoms with Crippen LogP contribution in [0.5, 0.6) is 0 Å². The van der Waals surface area contributed by atoms with Crippen molar-refractivity contribution >= 4 is 29.4 Å². The number of imide groups is 1. The molecule has 4 rings (SSSR count). The number of anilines is 2. The van der Waals surface area contributed by atoms with E-state index < -0.39 is 29.6 Å². The second-order valence-electron chi connectivity index (χ2n) is 6.93. The molecule has 147 valence electrons. The smallest absolute Gasteiger partial charge is 0.414 e. The minimum atomic E-state index is -0.908. The number of amides is 4. The number of benzene rings is 1. The fourth-order valence-electron chi connectivity index (χ4n) is 3.77. The fourth-order valence-corrected chi connectivity index (χ4v) is 3.77. The van der Waals surface area contributed by atoms with Crippen LogP contribution in [0.2, 0.25) is 0 Å². The van der Waals surface area contributed by atoms with Crippen LogP contribution < -0.4 is 20.4 Å². The summed E-state index contributed by atoms with van der Waals surface area (Å²) in [5.41, 5.74) is 7.16. The number of carbonyl (C=O) groups is 3. The first-order valence-electron chi connectivity index (χ1n) is 8.73. The number of piperidine rings is 1. The van der Waals surface area contributed by atoms with E-state index in [2.05, 4.69) is 10.6 Å². The van der Waals surface area contributed by atoms with Gasteiger partial charge in [-0.15, -0.1) is 6.54 Å². The van der Waals surface area contributed by atoms with Gasteiger partial charge in [0.2, 0.25) is 0 Å². The Morgan fingerprint density at radius 1 is 1.25 bits per heavy atom. The summed E-state index contributed by atoms with van der Waals surface area (Å²) in [5.74, 6) is -0.815. The summed E-state index contributed by atoms with van der Waals surface area (Å²) in [6.45, 7) is 1.01. The Bertz CT molecular complexity index is 815. The molecule has 3 aliphatic heterocycles. The average molecular weight is 603 g/mol. The van der Waals surface area contributed by atoms with E-state index in [1.807, 2.05) is 4.90 Å². The van der Waals surface area contributed by atoms with Gasteiger partial charge in [-0.25, -0.2) is 14.0 Å². The largest absolute Gasteiger partial charge is 0.674 e. The Morgan fingerprint density at radius 2 is 1.96 bits per heavy atom. The predicted molar refractivity (Wildman–Crippen MR) is 94.1 cm³/mol. The van der Waals surface area contributed by atoms with Crippen LogP contribution in [0.3, 0.4) is 0 Å². The predicted octanol–water partition coefficient (Wildman–Crippen LogP) is 1.38. The summed E-state index contributed by atoms with van der Waals surface area (Å²) in [6, 6.07) is 4.02. The van der Waals surface area contributed by atoms with E-state index >= 15 is 0 Å². The molecular formula is C17H19AcFN5O4-.